The molecule has 2 N–H and O–H groups in total. The molecule has 19 heavy (non-hydrogen) atoms. The van der Waals surface area contributed by atoms with Crippen molar-refractivity contribution in [3.8, 4) is 0 Å². The third-order valence-corrected chi connectivity index (χ3v) is 4.27. The maximum atomic E-state index is 11.0. The van der Waals surface area contributed by atoms with Gasteiger partial charge in [0.1, 0.15) is 5.82 Å². The number of aliphatic hydroxyl groups is 1. The summed E-state index contributed by atoms with van der Waals surface area (Å²) in [6.07, 6.45) is 3.55. The van der Waals surface area contributed by atoms with Crippen LogP contribution in [0, 0.1) is 6.92 Å². The van der Waals surface area contributed by atoms with Crippen LogP contribution in [0.1, 0.15) is 41.7 Å². The number of pyridine rings is 1. The number of fused-ring (bicyclic) bond motifs is 2. The van der Waals surface area contributed by atoms with Gasteiger partial charge in [0.15, 0.2) is 0 Å². The number of carbonyl (C=O) groups is 1. The maximum absolute atomic E-state index is 11.0. The quantitative estimate of drug-likeness (QED) is 0.846. The Hall–Kier alpha value is -1.62. The van der Waals surface area contributed by atoms with E-state index >= 15 is 0 Å². The maximum Gasteiger partial charge on any atom is 0.337 e. The zero-order valence-corrected chi connectivity index (χ0v) is 10.9. The summed E-state index contributed by atoms with van der Waals surface area (Å²) in [6, 6.07) is 4.11. The zero-order chi connectivity index (χ0) is 13.6. The highest BCUT2D eigenvalue weighted by molar-refractivity contribution is 5.89. The van der Waals surface area contributed by atoms with Gasteiger partial charge >= 0.3 is 5.97 Å². The summed E-state index contributed by atoms with van der Waals surface area (Å²) in [5, 5.41) is 18.8. The number of aromatic carboxylic acids is 1. The molecule has 0 aromatic carbocycles. The van der Waals surface area contributed by atoms with Gasteiger partial charge in [0.25, 0.3) is 0 Å². The van der Waals surface area contributed by atoms with Crippen molar-refractivity contribution in [1.82, 2.24) is 4.98 Å². The molecule has 1 aromatic heterocycles. The average Bonchev–Trinajstić information content (AvgIpc) is 2.61. The van der Waals surface area contributed by atoms with Crippen molar-refractivity contribution < 1.29 is 15.0 Å². The molecule has 5 nitrogen and oxygen atoms in total. The summed E-state index contributed by atoms with van der Waals surface area (Å²) >= 11 is 0. The van der Waals surface area contributed by atoms with Crippen LogP contribution >= 0.6 is 0 Å². The SMILES string of the molecule is Cc1nc(N2C3CCC2CC(O)C3)ccc1C(=O)O. The van der Waals surface area contributed by atoms with Crippen LogP contribution in [-0.2, 0) is 0 Å². The van der Waals surface area contributed by atoms with Crippen molar-refractivity contribution in [3.63, 3.8) is 0 Å². The smallest absolute Gasteiger partial charge is 0.337 e. The fourth-order valence-corrected chi connectivity index (χ4v) is 3.44. The summed E-state index contributed by atoms with van der Waals surface area (Å²) in [5.74, 6) is -0.0875. The van der Waals surface area contributed by atoms with Gasteiger partial charge in [-0.1, -0.05) is 0 Å². The van der Waals surface area contributed by atoms with Crippen molar-refractivity contribution in [2.75, 3.05) is 4.90 Å². The van der Waals surface area contributed by atoms with Gasteiger partial charge in [0.2, 0.25) is 0 Å². The van der Waals surface area contributed by atoms with Crippen LogP contribution in [0.3, 0.4) is 0 Å². The number of piperidine rings is 1. The van der Waals surface area contributed by atoms with E-state index in [0.29, 0.717) is 17.8 Å². The zero-order valence-electron chi connectivity index (χ0n) is 10.9. The molecule has 1 aromatic rings. The van der Waals surface area contributed by atoms with E-state index in [9.17, 15) is 9.90 Å². The number of carboxylic acid groups (broad SMARTS) is 1. The fourth-order valence-electron chi connectivity index (χ4n) is 3.44. The second-order valence-electron chi connectivity index (χ2n) is 5.53. The van der Waals surface area contributed by atoms with Gasteiger partial charge in [-0.15, -0.1) is 0 Å². The molecule has 0 saturated carbocycles. The molecular weight excluding hydrogens is 244 g/mol. The lowest BCUT2D eigenvalue weighted by atomic mass is 10.00. The number of aliphatic hydroxyl groups excluding tert-OH is 1. The van der Waals surface area contributed by atoms with Crippen LogP contribution < -0.4 is 4.90 Å². The van der Waals surface area contributed by atoms with Gasteiger partial charge in [0.05, 0.1) is 17.4 Å². The van der Waals surface area contributed by atoms with Crippen LogP contribution in [0.4, 0.5) is 5.82 Å². The lowest BCUT2D eigenvalue weighted by Crippen LogP contribution is -2.45. The Bertz CT molecular complexity index is 503. The molecule has 2 fully saturated rings. The molecule has 0 amide bonds. The minimum Gasteiger partial charge on any atom is -0.478 e. The van der Waals surface area contributed by atoms with Crippen LogP contribution in [0.25, 0.3) is 0 Å². The average molecular weight is 262 g/mol. The van der Waals surface area contributed by atoms with Crippen molar-refractivity contribution in [1.29, 1.82) is 0 Å². The van der Waals surface area contributed by atoms with Crippen LogP contribution in [0.5, 0.6) is 0 Å². The van der Waals surface area contributed by atoms with Crippen molar-refractivity contribution >= 4 is 11.8 Å². The summed E-state index contributed by atoms with van der Waals surface area (Å²) in [4.78, 5) is 17.7. The molecule has 0 aliphatic carbocycles. The molecule has 2 atom stereocenters. The summed E-state index contributed by atoms with van der Waals surface area (Å²) in [6.45, 7) is 1.73. The fraction of sp³-hybridized carbons (Fsp3) is 0.571. The summed E-state index contributed by atoms with van der Waals surface area (Å²) < 4.78 is 0. The van der Waals surface area contributed by atoms with Crippen LogP contribution in [0.2, 0.25) is 0 Å². The van der Waals surface area contributed by atoms with Crippen molar-refractivity contribution in [3.05, 3.63) is 23.4 Å². The number of carboxylic acids is 1. The van der Waals surface area contributed by atoms with Gasteiger partial charge in [0, 0.05) is 12.1 Å². The Labute approximate surface area is 111 Å². The standard InChI is InChI=1S/C14H18N2O3/c1-8-12(14(18)19)4-5-13(15-8)16-9-2-3-10(16)7-11(17)6-9/h4-5,9-11,17H,2-3,6-7H2,1H3,(H,18,19). The van der Waals surface area contributed by atoms with E-state index in [1.807, 2.05) is 0 Å². The minimum atomic E-state index is -0.936. The molecular formula is C14H18N2O3. The van der Waals surface area contributed by atoms with Gasteiger partial charge in [-0.3, -0.25) is 0 Å². The Morgan fingerprint density at radius 3 is 2.47 bits per heavy atom. The van der Waals surface area contributed by atoms with Crippen molar-refractivity contribution in [2.24, 2.45) is 0 Å². The largest absolute Gasteiger partial charge is 0.478 e. The predicted octanol–water partition coefficient (Wildman–Crippen LogP) is 1.58. The molecule has 3 heterocycles. The lowest BCUT2D eigenvalue weighted by Gasteiger charge is -2.38. The highest BCUT2D eigenvalue weighted by Crippen LogP contribution is 2.38. The molecule has 2 saturated heterocycles. The lowest BCUT2D eigenvalue weighted by molar-refractivity contribution is 0.0695. The van der Waals surface area contributed by atoms with Gasteiger partial charge in [-0.2, -0.15) is 0 Å². The van der Waals surface area contributed by atoms with E-state index in [1.165, 1.54) is 0 Å². The Kier molecular flexibility index (Phi) is 2.93. The second-order valence-corrected chi connectivity index (χ2v) is 5.53. The van der Waals surface area contributed by atoms with Gasteiger partial charge < -0.3 is 15.1 Å². The highest BCUT2D eigenvalue weighted by Gasteiger charge is 2.40. The number of aryl methyl sites for hydroxylation is 1. The molecule has 5 heteroatoms. The molecule has 2 unspecified atom stereocenters. The topological polar surface area (TPSA) is 73.7 Å². The molecule has 2 aliphatic heterocycles. The number of aromatic nitrogens is 1. The van der Waals surface area contributed by atoms with Crippen molar-refractivity contribution in [2.45, 2.75) is 50.8 Å². The molecule has 2 aliphatic rings. The monoisotopic (exact) mass is 262 g/mol. The highest BCUT2D eigenvalue weighted by atomic mass is 16.4. The minimum absolute atomic E-state index is 0.201. The Morgan fingerprint density at radius 2 is 1.95 bits per heavy atom. The number of nitrogens with zero attached hydrogens (tertiary/aromatic N) is 2. The first kappa shape index (κ1) is 12.4. The van der Waals surface area contributed by atoms with Crippen LogP contribution in [0.15, 0.2) is 12.1 Å². The van der Waals surface area contributed by atoms with E-state index in [-0.39, 0.29) is 11.7 Å². The van der Waals surface area contributed by atoms with E-state index in [4.69, 9.17) is 5.11 Å². The Balaban J connectivity index is 1.91. The summed E-state index contributed by atoms with van der Waals surface area (Å²) in [5.41, 5.74) is 0.809. The van der Waals surface area contributed by atoms with Gasteiger partial charge in [-0.05, 0) is 44.7 Å². The van der Waals surface area contributed by atoms with E-state index < -0.39 is 5.97 Å². The first-order valence-electron chi connectivity index (χ1n) is 6.73. The first-order valence-corrected chi connectivity index (χ1v) is 6.73. The van der Waals surface area contributed by atoms with E-state index in [2.05, 4.69) is 9.88 Å². The van der Waals surface area contributed by atoms with E-state index in [1.54, 1.807) is 19.1 Å². The molecule has 0 radical (unpaired) electrons. The molecule has 2 bridgehead atoms. The molecule has 3 rings (SSSR count). The molecule has 102 valence electrons. The number of hydrogen-bond acceptors (Lipinski definition) is 4. The molecule has 0 spiro atoms. The first-order chi connectivity index (χ1) is 9.06. The van der Waals surface area contributed by atoms with Gasteiger partial charge in [-0.25, -0.2) is 9.78 Å². The number of hydrogen-bond donors (Lipinski definition) is 2. The van der Waals surface area contributed by atoms with Crippen LogP contribution in [-0.4, -0.2) is 39.4 Å². The third-order valence-electron chi connectivity index (χ3n) is 4.27. The third kappa shape index (κ3) is 2.08. The number of anilines is 1. The number of rotatable bonds is 2. The van der Waals surface area contributed by atoms with E-state index in [0.717, 1.165) is 31.5 Å². The summed E-state index contributed by atoms with van der Waals surface area (Å²) in [7, 11) is 0. The Morgan fingerprint density at radius 1 is 1.32 bits per heavy atom. The second kappa shape index (κ2) is 4.49. The normalized spacial score (nSPS) is 29.6. The predicted molar refractivity (Wildman–Crippen MR) is 70.5 cm³/mol.